The van der Waals surface area contributed by atoms with Gasteiger partial charge in [0.05, 0.1) is 13.7 Å². The highest BCUT2D eigenvalue weighted by Gasteiger charge is 2.51. The van der Waals surface area contributed by atoms with Crippen LogP contribution in [0.4, 0.5) is 8.78 Å². The molecule has 0 bridgehead atoms. The summed E-state index contributed by atoms with van der Waals surface area (Å²) in [6, 6.07) is 2.86. The zero-order valence-electron chi connectivity index (χ0n) is 15.3. The van der Waals surface area contributed by atoms with Crippen LogP contribution in [0.3, 0.4) is 0 Å². The van der Waals surface area contributed by atoms with Crippen LogP contribution in [-0.2, 0) is 24.3 Å². The molecule has 1 heterocycles. The summed E-state index contributed by atoms with van der Waals surface area (Å²) in [6.45, 7) is -0.0696. The van der Waals surface area contributed by atoms with Crippen LogP contribution in [0.15, 0.2) is 23.1 Å². The molecule has 0 unspecified atom stereocenters. The van der Waals surface area contributed by atoms with Gasteiger partial charge in [-0.15, -0.1) is 0 Å². The number of piperazine rings is 1. The summed E-state index contributed by atoms with van der Waals surface area (Å²) in [7, 11) is -3.06. The third-order valence-electron chi connectivity index (χ3n) is 5.01. The number of methoxy groups -OCH3 is 1. The number of hydrogen-bond donors (Lipinski definition) is 1. The topological polar surface area (TPSA) is 96.0 Å². The molecule has 1 saturated heterocycles. The number of benzene rings is 1. The number of sulfonamides is 1. The summed E-state index contributed by atoms with van der Waals surface area (Å²) in [5.74, 6) is -3.01. The smallest absolute Gasteiger partial charge is 0.326 e. The second-order valence-corrected chi connectivity index (χ2v) is 8.64. The lowest BCUT2D eigenvalue weighted by Crippen LogP contribution is -2.53. The Morgan fingerprint density at radius 2 is 1.71 bits per heavy atom. The van der Waals surface area contributed by atoms with Crippen molar-refractivity contribution in [2.24, 2.45) is 0 Å². The van der Waals surface area contributed by atoms with Crippen molar-refractivity contribution in [3.63, 3.8) is 0 Å². The van der Waals surface area contributed by atoms with Crippen molar-refractivity contribution >= 4 is 21.9 Å². The van der Waals surface area contributed by atoms with E-state index in [4.69, 9.17) is 4.74 Å². The lowest BCUT2D eigenvalue weighted by atomic mass is 10.2. The van der Waals surface area contributed by atoms with Crippen LogP contribution in [0, 0.1) is 11.6 Å². The van der Waals surface area contributed by atoms with Crippen molar-refractivity contribution in [2.75, 3.05) is 39.8 Å². The number of esters is 1. The molecular weight excluding hydrogens is 396 g/mol. The van der Waals surface area contributed by atoms with Gasteiger partial charge in [-0.05, 0) is 25.0 Å². The van der Waals surface area contributed by atoms with E-state index in [2.05, 4.69) is 5.32 Å². The molecule has 1 aromatic rings. The molecule has 1 N–H and O–H groups in total. The van der Waals surface area contributed by atoms with Gasteiger partial charge in [0, 0.05) is 26.2 Å². The molecule has 0 atom stereocenters. The molecule has 1 aliphatic carbocycles. The first-order chi connectivity index (χ1) is 13.2. The van der Waals surface area contributed by atoms with Crippen LogP contribution in [0.5, 0.6) is 0 Å². The Kier molecular flexibility index (Phi) is 5.69. The predicted molar refractivity (Wildman–Crippen MR) is 93.7 cm³/mol. The average Bonchev–Trinajstić information content (AvgIpc) is 3.46. The summed E-state index contributed by atoms with van der Waals surface area (Å²) in [5, 5.41) is 2.90. The second kappa shape index (κ2) is 7.72. The van der Waals surface area contributed by atoms with Gasteiger partial charge in [-0.3, -0.25) is 14.9 Å². The van der Waals surface area contributed by atoms with Gasteiger partial charge >= 0.3 is 5.97 Å². The van der Waals surface area contributed by atoms with Crippen LogP contribution in [0.1, 0.15) is 12.8 Å². The maximum atomic E-state index is 13.9. The first-order valence-corrected chi connectivity index (χ1v) is 10.2. The molecule has 1 saturated carbocycles. The van der Waals surface area contributed by atoms with Crippen molar-refractivity contribution in [3.05, 3.63) is 29.8 Å². The first-order valence-electron chi connectivity index (χ1n) is 8.77. The van der Waals surface area contributed by atoms with Crippen molar-refractivity contribution in [3.8, 4) is 0 Å². The van der Waals surface area contributed by atoms with E-state index in [9.17, 15) is 26.8 Å². The predicted octanol–water partition coefficient (Wildman–Crippen LogP) is 0.0929. The molecule has 2 fully saturated rings. The minimum atomic E-state index is -4.34. The molecule has 1 amide bonds. The SMILES string of the molecule is COC(=O)C1(NCC(=O)N2CCN(S(=O)(=O)c3c(F)cccc3F)CC2)CC1. The van der Waals surface area contributed by atoms with Crippen molar-refractivity contribution in [2.45, 2.75) is 23.3 Å². The molecule has 3 rings (SSSR count). The van der Waals surface area contributed by atoms with Crippen LogP contribution in [0.2, 0.25) is 0 Å². The third-order valence-corrected chi connectivity index (χ3v) is 6.96. The molecule has 0 radical (unpaired) electrons. The summed E-state index contributed by atoms with van der Waals surface area (Å²) in [6.07, 6.45) is 1.18. The number of carbonyl (C=O) groups is 2. The third kappa shape index (κ3) is 3.87. The Hall–Kier alpha value is -2.11. The minimum absolute atomic E-state index is 0.0794. The molecule has 1 aromatic carbocycles. The van der Waals surface area contributed by atoms with E-state index in [1.807, 2.05) is 0 Å². The molecule has 154 valence electrons. The quantitative estimate of drug-likeness (QED) is 0.660. The van der Waals surface area contributed by atoms with Crippen LogP contribution < -0.4 is 5.32 Å². The van der Waals surface area contributed by atoms with Crippen LogP contribution in [-0.4, -0.2) is 74.9 Å². The van der Waals surface area contributed by atoms with Gasteiger partial charge in [0.25, 0.3) is 0 Å². The number of ether oxygens (including phenoxy) is 1. The Labute approximate surface area is 161 Å². The summed E-state index contributed by atoms with van der Waals surface area (Å²) in [4.78, 5) is 24.5. The van der Waals surface area contributed by atoms with Crippen LogP contribution >= 0.6 is 0 Å². The number of carbonyl (C=O) groups excluding carboxylic acids is 2. The van der Waals surface area contributed by atoms with Crippen molar-refractivity contribution in [1.82, 2.24) is 14.5 Å². The van der Waals surface area contributed by atoms with Gasteiger partial charge in [-0.25, -0.2) is 17.2 Å². The molecule has 0 spiro atoms. The second-order valence-electron chi connectivity index (χ2n) is 6.76. The number of hydrogen-bond acceptors (Lipinski definition) is 6. The van der Waals surface area contributed by atoms with Gasteiger partial charge < -0.3 is 9.64 Å². The zero-order valence-corrected chi connectivity index (χ0v) is 16.1. The zero-order chi connectivity index (χ0) is 20.5. The Balaban J connectivity index is 1.58. The monoisotopic (exact) mass is 417 g/mol. The molecular formula is C17H21F2N3O5S. The Bertz CT molecular complexity index is 861. The maximum Gasteiger partial charge on any atom is 0.326 e. The number of rotatable bonds is 6. The van der Waals surface area contributed by atoms with E-state index in [0.29, 0.717) is 12.8 Å². The van der Waals surface area contributed by atoms with E-state index in [0.717, 1.165) is 22.5 Å². The molecule has 28 heavy (non-hydrogen) atoms. The van der Waals surface area contributed by atoms with Crippen molar-refractivity contribution in [1.29, 1.82) is 0 Å². The highest BCUT2D eigenvalue weighted by Crippen LogP contribution is 2.36. The highest BCUT2D eigenvalue weighted by molar-refractivity contribution is 7.89. The molecule has 2 aliphatic rings. The fourth-order valence-corrected chi connectivity index (χ4v) is 4.70. The van der Waals surface area contributed by atoms with E-state index < -0.39 is 38.1 Å². The largest absolute Gasteiger partial charge is 0.468 e. The fraction of sp³-hybridized carbons (Fsp3) is 0.529. The number of nitrogens with one attached hydrogen (secondary N) is 1. The van der Waals surface area contributed by atoms with Gasteiger partial charge in [0.2, 0.25) is 15.9 Å². The van der Waals surface area contributed by atoms with E-state index >= 15 is 0 Å². The fourth-order valence-electron chi connectivity index (χ4n) is 3.17. The molecule has 0 aromatic heterocycles. The normalized spacial score (nSPS) is 19.3. The standard InChI is InChI=1S/C17H21F2N3O5S/c1-27-16(24)17(5-6-17)20-11-14(23)21-7-9-22(10-8-21)28(25,26)15-12(18)3-2-4-13(15)19/h2-4,20H,5-11H2,1H3. The van der Waals surface area contributed by atoms with Gasteiger partial charge in [0.15, 0.2) is 4.90 Å². The van der Waals surface area contributed by atoms with Crippen LogP contribution in [0.25, 0.3) is 0 Å². The Morgan fingerprint density at radius 1 is 1.14 bits per heavy atom. The summed E-state index contributed by atoms with van der Waals surface area (Å²) < 4.78 is 58.5. The maximum absolute atomic E-state index is 13.9. The van der Waals surface area contributed by atoms with Gasteiger partial charge in [0.1, 0.15) is 17.2 Å². The van der Waals surface area contributed by atoms with E-state index in [1.54, 1.807) is 0 Å². The lowest BCUT2D eigenvalue weighted by molar-refractivity contribution is -0.144. The Morgan fingerprint density at radius 3 is 2.21 bits per heavy atom. The number of amides is 1. The molecule has 1 aliphatic heterocycles. The molecule has 11 heteroatoms. The van der Waals surface area contributed by atoms with Crippen molar-refractivity contribution < 1.29 is 31.5 Å². The summed E-state index contributed by atoms with van der Waals surface area (Å²) in [5.41, 5.74) is -0.808. The number of nitrogens with zero attached hydrogens (tertiary/aromatic N) is 2. The van der Waals surface area contributed by atoms with Gasteiger partial charge in [-0.2, -0.15) is 4.31 Å². The van der Waals surface area contributed by atoms with Gasteiger partial charge in [-0.1, -0.05) is 6.07 Å². The minimum Gasteiger partial charge on any atom is -0.468 e. The summed E-state index contributed by atoms with van der Waals surface area (Å²) >= 11 is 0. The number of halogens is 2. The molecule has 8 nitrogen and oxygen atoms in total. The van der Waals surface area contributed by atoms with E-state index in [1.165, 1.54) is 12.0 Å². The average molecular weight is 417 g/mol. The lowest BCUT2D eigenvalue weighted by Gasteiger charge is -2.34. The first kappa shape index (κ1) is 20.6. The van der Waals surface area contributed by atoms with E-state index in [-0.39, 0.29) is 38.6 Å². The highest BCUT2D eigenvalue weighted by atomic mass is 32.2.